The van der Waals surface area contributed by atoms with Gasteiger partial charge in [-0.25, -0.2) is 0 Å². The molecule has 1 aromatic heterocycles. The molecule has 1 heterocycles. The second kappa shape index (κ2) is 6.85. The first-order valence-electron chi connectivity index (χ1n) is 6.65. The Morgan fingerprint density at radius 3 is 2.90 bits per heavy atom. The van der Waals surface area contributed by atoms with Crippen molar-refractivity contribution in [2.24, 2.45) is 0 Å². The highest BCUT2D eigenvalue weighted by Gasteiger charge is 2.13. The van der Waals surface area contributed by atoms with Crippen LogP contribution in [0.15, 0.2) is 36.7 Å². The highest BCUT2D eigenvalue weighted by molar-refractivity contribution is 5.33. The molecule has 0 saturated carbocycles. The van der Waals surface area contributed by atoms with Crippen LogP contribution in [0.4, 0.5) is 5.69 Å². The minimum Gasteiger partial charge on any atom is -0.491 e. The number of aromatic nitrogens is 2. The van der Waals surface area contributed by atoms with Gasteiger partial charge in [-0.1, -0.05) is 25.1 Å². The molecule has 0 saturated heterocycles. The van der Waals surface area contributed by atoms with Gasteiger partial charge in [0.2, 0.25) is 0 Å². The Labute approximate surface area is 121 Å². The van der Waals surface area contributed by atoms with Gasteiger partial charge >= 0.3 is 5.69 Å². The van der Waals surface area contributed by atoms with E-state index in [0.717, 1.165) is 23.9 Å². The van der Waals surface area contributed by atoms with Crippen molar-refractivity contribution in [2.75, 3.05) is 6.61 Å². The number of hydrogen-bond donors (Lipinski definition) is 1. The second-order valence-corrected chi connectivity index (χ2v) is 4.60. The third-order valence-electron chi connectivity index (χ3n) is 3.01. The quantitative estimate of drug-likeness (QED) is 0.620. The molecule has 7 heteroatoms. The second-order valence-electron chi connectivity index (χ2n) is 4.60. The van der Waals surface area contributed by atoms with E-state index >= 15 is 0 Å². The highest BCUT2D eigenvalue weighted by Crippen LogP contribution is 2.18. The summed E-state index contributed by atoms with van der Waals surface area (Å²) in [5.74, 6) is 0.741. The summed E-state index contributed by atoms with van der Waals surface area (Å²) in [5, 5.41) is 24.3. The number of aliphatic hydroxyl groups is 1. The van der Waals surface area contributed by atoms with Crippen LogP contribution in [0.3, 0.4) is 0 Å². The third kappa shape index (κ3) is 4.03. The Kier molecular flexibility index (Phi) is 4.89. The zero-order valence-electron chi connectivity index (χ0n) is 11.7. The number of aliphatic hydroxyl groups excluding tert-OH is 1. The van der Waals surface area contributed by atoms with Gasteiger partial charge in [-0.3, -0.25) is 14.8 Å². The van der Waals surface area contributed by atoms with Gasteiger partial charge in [0.25, 0.3) is 0 Å². The molecule has 0 spiro atoms. The fraction of sp³-hybridized carbons (Fsp3) is 0.357. The highest BCUT2D eigenvalue weighted by atomic mass is 16.6. The van der Waals surface area contributed by atoms with Crippen molar-refractivity contribution in [3.8, 4) is 5.75 Å². The summed E-state index contributed by atoms with van der Waals surface area (Å²) in [5.41, 5.74) is 0.971. The van der Waals surface area contributed by atoms with E-state index in [0.29, 0.717) is 0 Å². The first-order valence-corrected chi connectivity index (χ1v) is 6.65. The molecule has 112 valence electrons. The summed E-state index contributed by atoms with van der Waals surface area (Å²) in [6, 6.07) is 7.63. The maximum absolute atomic E-state index is 10.5. The minimum absolute atomic E-state index is 0.0977. The maximum atomic E-state index is 10.5. The predicted octanol–water partition coefficient (Wildman–Crippen LogP) is 1.79. The molecule has 0 aliphatic heterocycles. The van der Waals surface area contributed by atoms with E-state index in [4.69, 9.17) is 4.74 Å². The van der Waals surface area contributed by atoms with Gasteiger partial charge in [0.05, 0.1) is 11.5 Å². The van der Waals surface area contributed by atoms with Crippen LogP contribution in [-0.2, 0) is 13.0 Å². The van der Waals surface area contributed by atoms with Crippen LogP contribution in [0.5, 0.6) is 5.75 Å². The zero-order valence-corrected chi connectivity index (χ0v) is 11.7. The van der Waals surface area contributed by atoms with E-state index in [1.807, 2.05) is 31.2 Å². The molecule has 1 N–H and O–H groups in total. The lowest BCUT2D eigenvalue weighted by Crippen LogP contribution is -2.24. The van der Waals surface area contributed by atoms with E-state index < -0.39 is 11.0 Å². The van der Waals surface area contributed by atoms with Crippen molar-refractivity contribution in [3.63, 3.8) is 0 Å². The number of aryl methyl sites for hydroxylation is 1. The van der Waals surface area contributed by atoms with Crippen LogP contribution in [0, 0.1) is 10.1 Å². The molecular weight excluding hydrogens is 274 g/mol. The fourth-order valence-electron chi connectivity index (χ4n) is 1.94. The van der Waals surface area contributed by atoms with Gasteiger partial charge in [0.1, 0.15) is 30.9 Å². The Balaban J connectivity index is 1.89. The first-order chi connectivity index (χ1) is 10.1. The predicted molar refractivity (Wildman–Crippen MR) is 76.2 cm³/mol. The lowest BCUT2D eigenvalue weighted by Gasteiger charge is -2.14. The standard InChI is InChI=1S/C14H17N3O4/c1-2-11-5-3-4-6-14(11)21-10-13(18)9-16-8-12(7-15-16)17(19)20/h3-8,13,18H,2,9-10H2,1H3. The van der Waals surface area contributed by atoms with E-state index in [2.05, 4.69) is 5.10 Å². The molecule has 0 bridgehead atoms. The van der Waals surface area contributed by atoms with E-state index in [1.54, 1.807) is 0 Å². The monoisotopic (exact) mass is 291 g/mol. The number of hydrogen-bond acceptors (Lipinski definition) is 5. The van der Waals surface area contributed by atoms with Crippen LogP contribution >= 0.6 is 0 Å². The van der Waals surface area contributed by atoms with E-state index in [9.17, 15) is 15.2 Å². The number of rotatable bonds is 7. The van der Waals surface area contributed by atoms with Gasteiger partial charge in [0, 0.05) is 0 Å². The Morgan fingerprint density at radius 2 is 2.24 bits per heavy atom. The molecule has 0 radical (unpaired) electrons. The molecular formula is C14H17N3O4. The summed E-state index contributed by atoms with van der Waals surface area (Å²) >= 11 is 0. The molecule has 7 nitrogen and oxygen atoms in total. The molecule has 0 fully saturated rings. The molecule has 1 aromatic carbocycles. The summed E-state index contributed by atoms with van der Waals surface area (Å²) in [4.78, 5) is 10.0. The van der Waals surface area contributed by atoms with Crippen LogP contribution in [0.25, 0.3) is 0 Å². The van der Waals surface area contributed by atoms with Crippen molar-refractivity contribution >= 4 is 5.69 Å². The Bertz CT molecular complexity index is 612. The van der Waals surface area contributed by atoms with Crippen molar-refractivity contribution in [1.29, 1.82) is 0 Å². The number of para-hydroxylation sites is 1. The van der Waals surface area contributed by atoms with Crippen LogP contribution in [0.1, 0.15) is 12.5 Å². The van der Waals surface area contributed by atoms with Crippen molar-refractivity contribution in [1.82, 2.24) is 9.78 Å². The number of ether oxygens (including phenoxy) is 1. The molecule has 21 heavy (non-hydrogen) atoms. The van der Waals surface area contributed by atoms with Gasteiger partial charge < -0.3 is 9.84 Å². The first kappa shape index (κ1) is 15.0. The average molecular weight is 291 g/mol. The molecule has 2 aromatic rings. The Hall–Kier alpha value is -2.41. The van der Waals surface area contributed by atoms with Crippen LogP contribution in [0.2, 0.25) is 0 Å². The lowest BCUT2D eigenvalue weighted by atomic mass is 10.1. The number of benzene rings is 1. The van der Waals surface area contributed by atoms with Gasteiger partial charge in [-0.15, -0.1) is 0 Å². The number of nitrogens with zero attached hydrogens (tertiary/aromatic N) is 3. The normalized spacial score (nSPS) is 12.1. The average Bonchev–Trinajstić information content (AvgIpc) is 2.94. The zero-order chi connectivity index (χ0) is 15.2. The molecule has 0 amide bonds. The SMILES string of the molecule is CCc1ccccc1OCC(O)Cn1cc([N+](=O)[O-])cn1. The minimum atomic E-state index is -0.797. The molecule has 2 rings (SSSR count). The van der Waals surface area contributed by atoms with Crippen LogP contribution in [-0.4, -0.2) is 32.5 Å². The topological polar surface area (TPSA) is 90.4 Å². The maximum Gasteiger partial charge on any atom is 0.306 e. The molecule has 0 aliphatic rings. The third-order valence-corrected chi connectivity index (χ3v) is 3.01. The van der Waals surface area contributed by atoms with Crippen LogP contribution < -0.4 is 4.74 Å². The number of nitro groups is 1. The van der Waals surface area contributed by atoms with Crippen molar-refractivity contribution < 1.29 is 14.8 Å². The van der Waals surface area contributed by atoms with E-state index in [1.165, 1.54) is 10.9 Å². The summed E-state index contributed by atoms with van der Waals surface area (Å²) in [7, 11) is 0. The van der Waals surface area contributed by atoms with Crippen molar-refractivity contribution in [3.05, 3.63) is 52.3 Å². The molecule has 1 unspecified atom stereocenters. The van der Waals surface area contributed by atoms with Crippen molar-refractivity contribution in [2.45, 2.75) is 26.0 Å². The van der Waals surface area contributed by atoms with Gasteiger partial charge in [-0.05, 0) is 18.1 Å². The smallest absolute Gasteiger partial charge is 0.306 e. The largest absolute Gasteiger partial charge is 0.491 e. The summed E-state index contributed by atoms with van der Waals surface area (Å²) in [6.07, 6.45) is 2.48. The lowest BCUT2D eigenvalue weighted by molar-refractivity contribution is -0.385. The van der Waals surface area contributed by atoms with Gasteiger partial charge in [0.15, 0.2) is 0 Å². The molecule has 0 aliphatic carbocycles. The molecule has 1 atom stereocenters. The van der Waals surface area contributed by atoms with E-state index in [-0.39, 0.29) is 18.8 Å². The Morgan fingerprint density at radius 1 is 1.48 bits per heavy atom. The summed E-state index contributed by atoms with van der Waals surface area (Å²) < 4.78 is 6.92. The fourth-order valence-corrected chi connectivity index (χ4v) is 1.94. The summed E-state index contributed by atoms with van der Waals surface area (Å²) in [6.45, 7) is 2.27. The van der Waals surface area contributed by atoms with Gasteiger partial charge in [-0.2, -0.15) is 5.10 Å².